The van der Waals surface area contributed by atoms with Gasteiger partial charge in [0.1, 0.15) is 29.6 Å². The first kappa shape index (κ1) is 23.9. The number of rotatable bonds is 6. The van der Waals surface area contributed by atoms with Gasteiger partial charge in [0.2, 0.25) is 0 Å². The molecule has 0 saturated heterocycles. The summed E-state index contributed by atoms with van der Waals surface area (Å²) in [4.78, 5) is 10.1. The molecule has 1 aromatic heterocycles. The quantitative estimate of drug-likeness (QED) is 0.286. The zero-order valence-corrected chi connectivity index (χ0v) is 20.1. The minimum absolute atomic E-state index is 0.0194. The van der Waals surface area contributed by atoms with Crippen LogP contribution >= 0.6 is 0 Å². The molecule has 37 heavy (non-hydrogen) atoms. The van der Waals surface area contributed by atoms with Crippen molar-refractivity contribution in [3.63, 3.8) is 0 Å². The van der Waals surface area contributed by atoms with Crippen LogP contribution in [0.3, 0.4) is 0 Å². The predicted octanol–water partition coefficient (Wildman–Crippen LogP) is 6.01. The van der Waals surface area contributed by atoms with Gasteiger partial charge in [0, 0.05) is 22.5 Å². The number of nitrogens with one attached hydrogen (secondary N) is 2. The van der Waals surface area contributed by atoms with Gasteiger partial charge in [-0.1, -0.05) is 49.0 Å². The Bertz CT molecular complexity index is 1580. The summed E-state index contributed by atoms with van der Waals surface area (Å²) >= 11 is 0. The van der Waals surface area contributed by atoms with E-state index in [2.05, 4.69) is 21.9 Å². The normalized spacial score (nSPS) is 12.7. The van der Waals surface area contributed by atoms with E-state index in [1.807, 2.05) is 31.2 Å². The van der Waals surface area contributed by atoms with Gasteiger partial charge in [0.05, 0.1) is 23.5 Å². The highest BCUT2D eigenvalue weighted by atomic mass is 19.1. The van der Waals surface area contributed by atoms with Crippen LogP contribution in [0.15, 0.2) is 85.3 Å². The SMILES string of the molecule is C=C1c2c(C)cccc2C=C(CNc2ncnc(N)c2C(=N)c2cccc(F)c2)N1c1ccccc1F. The molecule has 0 bridgehead atoms. The van der Waals surface area contributed by atoms with Crippen molar-refractivity contribution in [2.24, 2.45) is 0 Å². The van der Waals surface area contributed by atoms with E-state index in [0.717, 1.165) is 16.7 Å². The van der Waals surface area contributed by atoms with E-state index in [1.165, 1.54) is 30.6 Å². The summed E-state index contributed by atoms with van der Waals surface area (Å²) in [5.74, 6) is -0.462. The summed E-state index contributed by atoms with van der Waals surface area (Å²) in [5, 5.41) is 11.9. The lowest BCUT2D eigenvalue weighted by Gasteiger charge is -2.35. The molecule has 4 aromatic rings. The van der Waals surface area contributed by atoms with Crippen molar-refractivity contribution in [3.05, 3.63) is 125 Å². The zero-order valence-electron chi connectivity index (χ0n) is 20.1. The minimum Gasteiger partial charge on any atom is -0.383 e. The number of nitrogens with zero attached hydrogens (tertiary/aromatic N) is 3. The number of anilines is 3. The molecule has 1 aliphatic heterocycles. The Morgan fingerprint density at radius 2 is 1.84 bits per heavy atom. The van der Waals surface area contributed by atoms with Crippen molar-refractivity contribution in [3.8, 4) is 0 Å². The third-order valence-corrected chi connectivity index (χ3v) is 6.24. The lowest BCUT2D eigenvalue weighted by molar-refractivity contribution is 0.627. The monoisotopic (exact) mass is 494 g/mol. The molecule has 0 atom stereocenters. The molecule has 5 rings (SSSR count). The second-order valence-corrected chi connectivity index (χ2v) is 8.63. The summed E-state index contributed by atoms with van der Waals surface area (Å²) in [5.41, 5.74) is 11.4. The van der Waals surface area contributed by atoms with Crippen molar-refractivity contribution in [2.75, 3.05) is 22.5 Å². The van der Waals surface area contributed by atoms with Crippen molar-refractivity contribution in [1.29, 1.82) is 5.41 Å². The molecule has 184 valence electrons. The fourth-order valence-corrected chi connectivity index (χ4v) is 4.54. The van der Waals surface area contributed by atoms with Crippen LogP contribution in [0.25, 0.3) is 11.8 Å². The molecule has 0 spiro atoms. The molecule has 4 N–H and O–H groups in total. The number of benzene rings is 3. The van der Waals surface area contributed by atoms with E-state index in [4.69, 9.17) is 11.1 Å². The van der Waals surface area contributed by atoms with Gasteiger partial charge in [-0.05, 0) is 48.4 Å². The fourth-order valence-electron chi connectivity index (χ4n) is 4.54. The lowest BCUT2D eigenvalue weighted by Crippen LogP contribution is -2.29. The Balaban J connectivity index is 1.55. The van der Waals surface area contributed by atoms with Gasteiger partial charge < -0.3 is 16.0 Å². The molecule has 0 saturated carbocycles. The second kappa shape index (κ2) is 9.66. The summed E-state index contributed by atoms with van der Waals surface area (Å²) < 4.78 is 28.8. The second-order valence-electron chi connectivity index (χ2n) is 8.63. The van der Waals surface area contributed by atoms with E-state index in [1.54, 1.807) is 29.2 Å². The summed E-state index contributed by atoms with van der Waals surface area (Å²) in [6.45, 7) is 6.51. The molecule has 2 heterocycles. The minimum atomic E-state index is -0.465. The van der Waals surface area contributed by atoms with Gasteiger partial charge >= 0.3 is 0 Å². The Kier molecular flexibility index (Phi) is 6.23. The van der Waals surface area contributed by atoms with Crippen LogP contribution in [0.1, 0.15) is 27.8 Å². The van der Waals surface area contributed by atoms with Gasteiger partial charge in [0.15, 0.2) is 0 Å². The first-order chi connectivity index (χ1) is 17.8. The van der Waals surface area contributed by atoms with Crippen LogP contribution in [0.5, 0.6) is 0 Å². The topological polar surface area (TPSA) is 90.9 Å². The number of fused-ring (bicyclic) bond motifs is 1. The van der Waals surface area contributed by atoms with Crippen LogP contribution in [0, 0.1) is 24.0 Å². The highest BCUT2D eigenvalue weighted by Crippen LogP contribution is 2.39. The molecular weight excluding hydrogens is 470 g/mol. The number of hydrogen-bond acceptors (Lipinski definition) is 6. The van der Waals surface area contributed by atoms with Crippen molar-refractivity contribution in [1.82, 2.24) is 9.97 Å². The Morgan fingerprint density at radius 1 is 1.05 bits per heavy atom. The molecule has 0 fully saturated rings. The van der Waals surface area contributed by atoms with Gasteiger partial charge in [0.25, 0.3) is 0 Å². The summed E-state index contributed by atoms with van der Waals surface area (Å²) in [6, 6.07) is 18.2. The van der Waals surface area contributed by atoms with Crippen LogP contribution < -0.4 is 16.0 Å². The summed E-state index contributed by atoms with van der Waals surface area (Å²) in [7, 11) is 0. The van der Waals surface area contributed by atoms with Gasteiger partial charge in [-0.2, -0.15) is 0 Å². The van der Waals surface area contributed by atoms with E-state index < -0.39 is 5.82 Å². The molecule has 8 heteroatoms. The lowest BCUT2D eigenvalue weighted by atomic mass is 9.93. The van der Waals surface area contributed by atoms with Gasteiger partial charge in [-0.25, -0.2) is 18.7 Å². The zero-order chi connectivity index (χ0) is 26.1. The van der Waals surface area contributed by atoms with E-state index in [0.29, 0.717) is 28.5 Å². The average Bonchev–Trinajstić information content (AvgIpc) is 2.88. The molecule has 3 aromatic carbocycles. The van der Waals surface area contributed by atoms with Crippen LogP contribution in [-0.4, -0.2) is 22.2 Å². The Morgan fingerprint density at radius 3 is 2.62 bits per heavy atom. The largest absolute Gasteiger partial charge is 0.383 e. The third kappa shape index (κ3) is 4.45. The van der Waals surface area contributed by atoms with Crippen molar-refractivity contribution >= 4 is 34.8 Å². The van der Waals surface area contributed by atoms with Crippen LogP contribution in [0.4, 0.5) is 26.1 Å². The number of nitrogens with two attached hydrogens (primary N) is 1. The van der Waals surface area contributed by atoms with Gasteiger partial charge in [-0.3, -0.25) is 5.41 Å². The average molecular weight is 495 g/mol. The number of nitrogen functional groups attached to an aromatic ring is 1. The molecule has 0 unspecified atom stereocenters. The molecule has 0 radical (unpaired) electrons. The van der Waals surface area contributed by atoms with Crippen LogP contribution in [0.2, 0.25) is 0 Å². The molecule has 0 amide bonds. The van der Waals surface area contributed by atoms with Gasteiger partial charge in [-0.15, -0.1) is 0 Å². The fraction of sp³-hybridized carbons (Fsp3) is 0.0690. The third-order valence-electron chi connectivity index (χ3n) is 6.24. The maximum atomic E-state index is 15.0. The first-order valence-corrected chi connectivity index (χ1v) is 11.6. The highest BCUT2D eigenvalue weighted by molar-refractivity contribution is 6.16. The molecular formula is C29H24F2N6. The Hall–Kier alpha value is -4.85. The summed E-state index contributed by atoms with van der Waals surface area (Å²) in [6.07, 6.45) is 3.26. The van der Waals surface area contributed by atoms with Crippen molar-refractivity contribution in [2.45, 2.75) is 6.92 Å². The first-order valence-electron chi connectivity index (χ1n) is 11.6. The molecule has 6 nitrogen and oxygen atoms in total. The standard InChI is InChI=1S/C29H24F2N6/c1-17-7-5-8-19-14-22(37(18(2)25(17)19)24-12-4-3-11-23(24)31)15-34-29-26(28(33)35-16-36-29)27(32)20-9-6-10-21(30)13-20/h3-14,16,32H,2,15H2,1H3,(H3,33,34,35,36). The molecule has 0 aliphatic carbocycles. The molecule has 1 aliphatic rings. The number of para-hydroxylation sites is 1. The highest BCUT2D eigenvalue weighted by Gasteiger charge is 2.27. The maximum absolute atomic E-state index is 15.0. The Labute approximate surface area is 213 Å². The smallest absolute Gasteiger partial charge is 0.147 e. The number of aryl methyl sites for hydroxylation is 1. The number of halogens is 2. The number of hydrogen-bond donors (Lipinski definition) is 3. The van der Waals surface area contributed by atoms with Crippen molar-refractivity contribution < 1.29 is 8.78 Å². The maximum Gasteiger partial charge on any atom is 0.147 e. The predicted molar refractivity (Wildman–Crippen MR) is 144 cm³/mol. The number of aromatic nitrogens is 2. The van der Waals surface area contributed by atoms with E-state index in [-0.39, 0.29) is 29.5 Å². The van der Waals surface area contributed by atoms with E-state index in [9.17, 15) is 8.78 Å². The van der Waals surface area contributed by atoms with E-state index >= 15 is 0 Å². The van der Waals surface area contributed by atoms with Crippen LogP contribution in [-0.2, 0) is 0 Å².